The number of fused-ring (bicyclic) bond motifs is 1. The van der Waals surface area contributed by atoms with Crippen LogP contribution in [0.4, 0.5) is 0 Å². The molecule has 1 aliphatic rings. The molecule has 1 N–H and O–H groups in total. The molecule has 1 aliphatic carbocycles. The Hall–Kier alpha value is -1.08. The van der Waals surface area contributed by atoms with E-state index in [1.807, 2.05) is 6.07 Å². The van der Waals surface area contributed by atoms with Crippen LogP contribution in [0.5, 0.6) is 0 Å². The summed E-state index contributed by atoms with van der Waals surface area (Å²) in [6, 6.07) is 8.36. The van der Waals surface area contributed by atoms with Crippen LogP contribution in [0.2, 0.25) is 0 Å². The fourth-order valence-corrected chi connectivity index (χ4v) is 1.61. The van der Waals surface area contributed by atoms with Crippen LogP contribution in [-0.2, 0) is 6.42 Å². The van der Waals surface area contributed by atoms with Crippen LogP contribution in [0.15, 0.2) is 29.8 Å². The molecule has 0 aromatic heterocycles. The summed E-state index contributed by atoms with van der Waals surface area (Å²) in [7, 11) is 0. The molecule has 0 radical (unpaired) electrons. The molecule has 0 heterocycles. The molecular formula is C11H12O. The van der Waals surface area contributed by atoms with Gasteiger partial charge in [-0.05, 0) is 29.5 Å². The maximum Gasteiger partial charge on any atom is 0.0645 e. The first-order valence-electron chi connectivity index (χ1n) is 4.28. The topological polar surface area (TPSA) is 20.2 Å². The first kappa shape index (κ1) is 7.56. The molecule has 1 heteroatoms. The highest BCUT2D eigenvalue weighted by atomic mass is 16.3. The molecule has 0 saturated heterocycles. The van der Waals surface area contributed by atoms with Crippen molar-refractivity contribution in [2.45, 2.75) is 12.8 Å². The summed E-state index contributed by atoms with van der Waals surface area (Å²) >= 11 is 0. The molecule has 0 amide bonds. The van der Waals surface area contributed by atoms with Gasteiger partial charge in [-0.3, -0.25) is 0 Å². The zero-order chi connectivity index (χ0) is 8.39. The van der Waals surface area contributed by atoms with Gasteiger partial charge in [-0.25, -0.2) is 0 Å². The van der Waals surface area contributed by atoms with E-state index in [1.165, 1.54) is 11.1 Å². The van der Waals surface area contributed by atoms with Gasteiger partial charge in [0.15, 0.2) is 0 Å². The van der Waals surface area contributed by atoms with Gasteiger partial charge in [0.25, 0.3) is 0 Å². The van der Waals surface area contributed by atoms with E-state index in [2.05, 4.69) is 24.3 Å². The molecule has 0 spiro atoms. The lowest BCUT2D eigenvalue weighted by Gasteiger charge is -2.14. The summed E-state index contributed by atoms with van der Waals surface area (Å²) in [6.45, 7) is 0.203. The van der Waals surface area contributed by atoms with E-state index in [9.17, 15) is 0 Å². The third-order valence-corrected chi connectivity index (χ3v) is 2.33. The van der Waals surface area contributed by atoms with Crippen molar-refractivity contribution >= 4 is 6.08 Å². The average Bonchev–Trinajstić information content (AvgIpc) is 2.17. The van der Waals surface area contributed by atoms with Crippen molar-refractivity contribution in [2.75, 3.05) is 6.61 Å². The van der Waals surface area contributed by atoms with Crippen LogP contribution in [0.25, 0.3) is 6.08 Å². The Morgan fingerprint density at radius 1 is 1.17 bits per heavy atom. The maximum absolute atomic E-state index is 8.95. The van der Waals surface area contributed by atoms with Crippen molar-refractivity contribution in [3.05, 3.63) is 41.0 Å². The SMILES string of the molecule is OCC1=Cc2ccccc2CC1. The van der Waals surface area contributed by atoms with Crippen LogP contribution >= 0.6 is 0 Å². The van der Waals surface area contributed by atoms with Crippen molar-refractivity contribution in [2.24, 2.45) is 0 Å². The van der Waals surface area contributed by atoms with Gasteiger partial charge in [0.1, 0.15) is 0 Å². The van der Waals surface area contributed by atoms with Gasteiger partial charge < -0.3 is 5.11 Å². The van der Waals surface area contributed by atoms with Crippen molar-refractivity contribution in [1.82, 2.24) is 0 Å². The Bertz CT molecular complexity index is 313. The Morgan fingerprint density at radius 2 is 2.00 bits per heavy atom. The monoisotopic (exact) mass is 160 g/mol. The third kappa shape index (κ3) is 1.28. The van der Waals surface area contributed by atoms with Crippen LogP contribution in [0.1, 0.15) is 17.5 Å². The zero-order valence-electron chi connectivity index (χ0n) is 6.96. The summed E-state index contributed by atoms with van der Waals surface area (Å²) in [4.78, 5) is 0. The van der Waals surface area contributed by atoms with Crippen LogP contribution in [0.3, 0.4) is 0 Å². The van der Waals surface area contributed by atoms with Gasteiger partial charge >= 0.3 is 0 Å². The smallest absolute Gasteiger partial charge is 0.0645 e. The standard InChI is InChI=1S/C11H12O/c12-8-9-5-6-10-3-1-2-4-11(10)7-9/h1-4,7,12H,5-6,8H2. The molecule has 1 nitrogen and oxygen atoms in total. The number of benzene rings is 1. The van der Waals surface area contributed by atoms with E-state index >= 15 is 0 Å². The van der Waals surface area contributed by atoms with E-state index in [4.69, 9.17) is 5.11 Å². The number of hydrogen-bond donors (Lipinski definition) is 1. The zero-order valence-corrected chi connectivity index (χ0v) is 6.96. The molecule has 0 aliphatic heterocycles. The summed E-state index contributed by atoms with van der Waals surface area (Å²) in [5, 5.41) is 8.95. The Labute approximate surface area is 72.4 Å². The molecular weight excluding hydrogens is 148 g/mol. The maximum atomic E-state index is 8.95. The van der Waals surface area contributed by atoms with E-state index in [-0.39, 0.29) is 6.61 Å². The first-order chi connectivity index (χ1) is 5.90. The molecule has 0 atom stereocenters. The minimum atomic E-state index is 0.203. The predicted octanol–water partition coefficient (Wildman–Crippen LogP) is 2.01. The third-order valence-electron chi connectivity index (χ3n) is 2.33. The average molecular weight is 160 g/mol. The second-order valence-electron chi connectivity index (χ2n) is 3.16. The molecule has 0 unspecified atom stereocenters. The van der Waals surface area contributed by atoms with E-state index in [1.54, 1.807) is 0 Å². The lowest BCUT2D eigenvalue weighted by atomic mass is 9.93. The molecule has 0 saturated carbocycles. The number of hydrogen-bond acceptors (Lipinski definition) is 1. The highest BCUT2D eigenvalue weighted by Gasteiger charge is 2.07. The molecule has 12 heavy (non-hydrogen) atoms. The Morgan fingerprint density at radius 3 is 2.83 bits per heavy atom. The number of aliphatic hydroxyl groups is 1. The van der Waals surface area contributed by atoms with Crippen molar-refractivity contribution < 1.29 is 5.11 Å². The van der Waals surface area contributed by atoms with Gasteiger partial charge in [-0.1, -0.05) is 30.3 Å². The number of rotatable bonds is 1. The molecule has 1 aromatic carbocycles. The van der Waals surface area contributed by atoms with Crippen molar-refractivity contribution in [1.29, 1.82) is 0 Å². The van der Waals surface area contributed by atoms with Crippen LogP contribution in [0, 0.1) is 0 Å². The molecule has 0 fully saturated rings. The Balaban J connectivity index is 2.41. The minimum Gasteiger partial charge on any atom is -0.392 e. The van der Waals surface area contributed by atoms with E-state index in [0.717, 1.165) is 18.4 Å². The van der Waals surface area contributed by atoms with E-state index < -0.39 is 0 Å². The molecule has 62 valence electrons. The van der Waals surface area contributed by atoms with Gasteiger partial charge in [-0.2, -0.15) is 0 Å². The highest BCUT2D eigenvalue weighted by molar-refractivity contribution is 5.59. The van der Waals surface area contributed by atoms with Crippen LogP contribution in [-0.4, -0.2) is 11.7 Å². The minimum absolute atomic E-state index is 0.203. The van der Waals surface area contributed by atoms with E-state index in [0.29, 0.717) is 0 Å². The second kappa shape index (κ2) is 3.11. The van der Waals surface area contributed by atoms with Crippen LogP contribution < -0.4 is 0 Å². The molecule has 1 aromatic rings. The summed E-state index contributed by atoms with van der Waals surface area (Å²) < 4.78 is 0. The lowest BCUT2D eigenvalue weighted by molar-refractivity contribution is 0.327. The van der Waals surface area contributed by atoms with Crippen molar-refractivity contribution in [3.8, 4) is 0 Å². The lowest BCUT2D eigenvalue weighted by Crippen LogP contribution is -2.01. The molecule has 2 rings (SSSR count). The highest BCUT2D eigenvalue weighted by Crippen LogP contribution is 2.22. The fourth-order valence-electron chi connectivity index (χ4n) is 1.61. The van der Waals surface area contributed by atoms with Gasteiger partial charge in [0.05, 0.1) is 6.61 Å². The summed E-state index contributed by atoms with van der Waals surface area (Å²) in [6.07, 6.45) is 4.18. The molecule has 0 bridgehead atoms. The fraction of sp³-hybridized carbons (Fsp3) is 0.273. The number of aryl methyl sites for hydroxylation is 1. The number of aliphatic hydroxyl groups excluding tert-OH is 1. The summed E-state index contributed by atoms with van der Waals surface area (Å²) in [5.41, 5.74) is 3.82. The largest absolute Gasteiger partial charge is 0.392 e. The van der Waals surface area contributed by atoms with Gasteiger partial charge in [0, 0.05) is 0 Å². The van der Waals surface area contributed by atoms with Gasteiger partial charge in [-0.15, -0.1) is 0 Å². The first-order valence-corrected chi connectivity index (χ1v) is 4.28. The Kier molecular flexibility index (Phi) is 1.96. The van der Waals surface area contributed by atoms with Crippen molar-refractivity contribution in [3.63, 3.8) is 0 Å². The van der Waals surface area contributed by atoms with Gasteiger partial charge in [0.2, 0.25) is 0 Å². The quantitative estimate of drug-likeness (QED) is 0.666. The summed E-state index contributed by atoms with van der Waals surface area (Å²) in [5.74, 6) is 0. The normalized spacial score (nSPS) is 15.2. The predicted molar refractivity (Wildman–Crippen MR) is 49.8 cm³/mol. The second-order valence-corrected chi connectivity index (χ2v) is 3.16.